The molecule has 1 fully saturated rings. The molecule has 2 aromatic heterocycles. The smallest absolute Gasteiger partial charge is 0.412 e. The summed E-state index contributed by atoms with van der Waals surface area (Å²) in [5.41, 5.74) is 1.67. The number of benzene rings is 1. The average molecular weight is 485 g/mol. The van der Waals surface area contributed by atoms with E-state index in [1.54, 1.807) is 38.7 Å². The number of aliphatic hydroxyl groups is 1. The van der Waals surface area contributed by atoms with Crippen LogP contribution in [0.1, 0.15) is 37.7 Å². The molecule has 1 aliphatic heterocycles. The lowest BCUT2D eigenvalue weighted by Gasteiger charge is -2.19. The average Bonchev–Trinajstić information content (AvgIpc) is 3.47. The summed E-state index contributed by atoms with van der Waals surface area (Å²) in [5.74, 6) is -0.472. The largest absolute Gasteiger partial charge is 0.444 e. The highest BCUT2D eigenvalue weighted by molar-refractivity contribution is 7.19. The van der Waals surface area contributed by atoms with Gasteiger partial charge in [-0.2, -0.15) is 5.10 Å². The lowest BCUT2D eigenvalue weighted by Crippen LogP contribution is -2.27. The molecule has 2 amide bonds. The van der Waals surface area contributed by atoms with E-state index < -0.39 is 17.6 Å². The number of β-amino-alcohol motifs (C(OH)–C–C–N with tert-alkyl or cyclic N) is 1. The van der Waals surface area contributed by atoms with Gasteiger partial charge in [0.05, 0.1) is 18.0 Å². The number of aryl methyl sites for hydroxylation is 1. The van der Waals surface area contributed by atoms with Crippen LogP contribution in [0.2, 0.25) is 0 Å². The predicted octanol–water partition coefficient (Wildman–Crippen LogP) is 3.71. The van der Waals surface area contributed by atoms with Crippen molar-refractivity contribution in [3.63, 3.8) is 0 Å². The van der Waals surface area contributed by atoms with Gasteiger partial charge in [-0.15, -0.1) is 0 Å². The van der Waals surface area contributed by atoms with Gasteiger partial charge in [-0.3, -0.25) is 14.8 Å². The minimum Gasteiger partial charge on any atom is -0.444 e. The molecule has 0 radical (unpaired) electrons. The molecule has 11 heteroatoms. The van der Waals surface area contributed by atoms with Gasteiger partial charge < -0.3 is 20.1 Å². The Kier molecular flexibility index (Phi) is 6.58. The fraction of sp³-hybridized carbons (Fsp3) is 0.391. The van der Waals surface area contributed by atoms with Crippen LogP contribution in [-0.4, -0.2) is 56.7 Å². The van der Waals surface area contributed by atoms with E-state index in [0.29, 0.717) is 17.2 Å². The number of amides is 2. The molecule has 4 rings (SSSR count). The van der Waals surface area contributed by atoms with Crippen LogP contribution in [0.15, 0.2) is 36.7 Å². The van der Waals surface area contributed by atoms with Gasteiger partial charge in [0.25, 0.3) is 5.91 Å². The summed E-state index contributed by atoms with van der Waals surface area (Å²) in [5, 5.41) is 20.2. The Labute approximate surface area is 201 Å². The van der Waals surface area contributed by atoms with Gasteiger partial charge in [0.15, 0.2) is 5.69 Å². The van der Waals surface area contributed by atoms with Gasteiger partial charge in [-0.25, -0.2) is 9.78 Å². The first-order valence-electron chi connectivity index (χ1n) is 10.9. The van der Waals surface area contributed by atoms with Crippen LogP contribution in [0.25, 0.3) is 10.6 Å². The molecular formula is C23H28N6O4S. The first kappa shape index (κ1) is 23.7. The number of ether oxygens (including phenoxy) is 1. The third kappa shape index (κ3) is 5.72. The van der Waals surface area contributed by atoms with Gasteiger partial charge in [0.2, 0.25) is 0 Å². The number of aliphatic hydroxyl groups excluding tert-OH is 1. The zero-order valence-electron chi connectivity index (χ0n) is 19.5. The molecule has 0 bridgehead atoms. The van der Waals surface area contributed by atoms with Gasteiger partial charge in [-0.1, -0.05) is 23.5 Å². The van der Waals surface area contributed by atoms with E-state index >= 15 is 0 Å². The maximum Gasteiger partial charge on any atom is 0.412 e. The molecule has 3 aromatic rings. The highest BCUT2D eigenvalue weighted by Gasteiger charge is 2.25. The van der Waals surface area contributed by atoms with E-state index in [1.807, 2.05) is 24.3 Å². The van der Waals surface area contributed by atoms with E-state index in [2.05, 4.69) is 25.6 Å². The summed E-state index contributed by atoms with van der Waals surface area (Å²) in [6.07, 6.45) is 2.92. The van der Waals surface area contributed by atoms with Crippen molar-refractivity contribution in [2.45, 2.75) is 38.9 Å². The van der Waals surface area contributed by atoms with E-state index in [4.69, 9.17) is 4.74 Å². The van der Waals surface area contributed by atoms with Gasteiger partial charge in [-0.05, 0) is 39.3 Å². The molecule has 180 valence electrons. The summed E-state index contributed by atoms with van der Waals surface area (Å²) in [7, 11) is 1.75. The molecule has 0 aliphatic carbocycles. The minimum atomic E-state index is -0.690. The van der Waals surface area contributed by atoms with Gasteiger partial charge >= 0.3 is 6.09 Å². The maximum atomic E-state index is 13.0. The molecule has 10 nitrogen and oxygen atoms in total. The molecule has 34 heavy (non-hydrogen) atoms. The van der Waals surface area contributed by atoms with Crippen molar-refractivity contribution in [1.29, 1.82) is 0 Å². The van der Waals surface area contributed by atoms with Crippen molar-refractivity contribution in [1.82, 2.24) is 14.8 Å². The molecule has 1 saturated heterocycles. The first-order valence-corrected chi connectivity index (χ1v) is 11.7. The number of thiazole rings is 1. The monoisotopic (exact) mass is 484 g/mol. The summed E-state index contributed by atoms with van der Waals surface area (Å²) < 4.78 is 6.94. The van der Waals surface area contributed by atoms with Crippen LogP contribution in [0.3, 0.4) is 0 Å². The number of carbonyl (C=O) groups is 2. The van der Waals surface area contributed by atoms with Crippen LogP contribution in [0, 0.1) is 0 Å². The van der Waals surface area contributed by atoms with Crippen molar-refractivity contribution in [3.05, 3.63) is 42.4 Å². The van der Waals surface area contributed by atoms with Gasteiger partial charge in [0.1, 0.15) is 15.6 Å². The Balaban J connectivity index is 1.64. The molecule has 3 N–H and O–H groups in total. The lowest BCUT2D eigenvalue weighted by atomic mass is 10.2. The normalized spacial score (nSPS) is 15.9. The quantitative estimate of drug-likeness (QED) is 0.505. The molecular weight excluding hydrogens is 456 g/mol. The maximum absolute atomic E-state index is 13.0. The molecule has 0 saturated carbocycles. The van der Waals surface area contributed by atoms with Gasteiger partial charge in [0, 0.05) is 37.6 Å². The van der Waals surface area contributed by atoms with Crippen molar-refractivity contribution in [2.24, 2.45) is 7.05 Å². The number of carbonyl (C=O) groups excluding carboxylic acids is 2. The zero-order chi connectivity index (χ0) is 24.5. The highest BCUT2D eigenvalue weighted by atomic mass is 32.1. The van der Waals surface area contributed by atoms with Crippen LogP contribution < -0.4 is 15.5 Å². The Morgan fingerprint density at radius 2 is 2.06 bits per heavy atom. The van der Waals surface area contributed by atoms with E-state index in [1.165, 1.54) is 17.5 Å². The number of rotatable bonds is 5. The van der Waals surface area contributed by atoms with E-state index in [-0.39, 0.29) is 16.8 Å². The number of aromatic nitrogens is 3. The summed E-state index contributed by atoms with van der Waals surface area (Å²) in [4.78, 5) is 32.1. The Hall–Kier alpha value is -3.44. The van der Waals surface area contributed by atoms with E-state index in [9.17, 15) is 14.7 Å². The van der Waals surface area contributed by atoms with Crippen LogP contribution in [-0.2, 0) is 11.8 Å². The fourth-order valence-electron chi connectivity index (χ4n) is 3.57. The minimum absolute atomic E-state index is 0.0803. The summed E-state index contributed by atoms with van der Waals surface area (Å²) >= 11 is 1.19. The second-order valence-electron chi connectivity index (χ2n) is 9.12. The molecule has 0 spiro atoms. The fourth-order valence-corrected chi connectivity index (χ4v) is 4.51. The predicted molar refractivity (Wildman–Crippen MR) is 131 cm³/mol. The SMILES string of the molecule is Cn1cc(NC(=O)c2nc(-c3cccc(N4CC[C@H](O)C4)c3)sc2NC(=O)OC(C)(C)C)cn1. The van der Waals surface area contributed by atoms with Crippen molar-refractivity contribution in [3.8, 4) is 10.6 Å². The molecule has 3 heterocycles. The van der Waals surface area contributed by atoms with E-state index in [0.717, 1.165) is 24.2 Å². The first-order chi connectivity index (χ1) is 16.1. The third-order valence-electron chi connectivity index (χ3n) is 5.04. The second-order valence-corrected chi connectivity index (χ2v) is 10.1. The lowest BCUT2D eigenvalue weighted by molar-refractivity contribution is 0.0636. The zero-order valence-corrected chi connectivity index (χ0v) is 20.3. The standard InChI is InChI=1S/C23H28N6O4S/c1-23(2,3)33-22(32)27-21-18(19(31)25-15-11-24-28(4)12-15)26-20(34-21)14-6-5-7-16(10-14)29-9-8-17(30)13-29/h5-7,10-12,17,30H,8-9,13H2,1-4H3,(H,25,31)(H,27,32)/t17-/m0/s1. The summed E-state index contributed by atoms with van der Waals surface area (Å²) in [6.45, 7) is 6.64. The number of nitrogens with one attached hydrogen (secondary N) is 2. The number of hydrogen-bond donors (Lipinski definition) is 3. The van der Waals surface area contributed by atoms with Crippen molar-refractivity contribution < 1.29 is 19.4 Å². The second kappa shape index (κ2) is 9.43. The molecule has 1 atom stereocenters. The van der Waals surface area contributed by atoms with Crippen LogP contribution in [0.5, 0.6) is 0 Å². The Morgan fingerprint density at radius 3 is 2.71 bits per heavy atom. The van der Waals surface area contributed by atoms with Crippen molar-refractivity contribution >= 4 is 39.7 Å². The molecule has 1 aliphatic rings. The molecule has 1 aromatic carbocycles. The topological polar surface area (TPSA) is 122 Å². The van der Waals surface area contributed by atoms with Crippen molar-refractivity contribution in [2.75, 3.05) is 28.6 Å². The van der Waals surface area contributed by atoms with Crippen LogP contribution in [0.4, 0.5) is 21.2 Å². The highest BCUT2D eigenvalue weighted by Crippen LogP contribution is 2.35. The number of hydrogen-bond acceptors (Lipinski definition) is 8. The third-order valence-corrected chi connectivity index (χ3v) is 6.06. The number of anilines is 3. The van der Waals surface area contributed by atoms with Crippen LogP contribution >= 0.6 is 11.3 Å². The molecule has 0 unspecified atom stereocenters. The Bertz CT molecular complexity index is 1200. The Morgan fingerprint density at radius 1 is 1.26 bits per heavy atom. The summed E-state index contributed by atoms with van der Waals surface area (Å²) in [6, 6.07) is 7.75. The number of nitrogens with zero attached hydrogens (tertiary/aromatic N) is 4.